The maximum absolute atomic E-state index is 3.73. The van der Waals surface area contributed by atoms with Crippen LogP contribution in [0.4, 0.5) is 0 Å². The summed E-state index contributed by atoms with van der Waals surface area (Å²) in [5.74, 6) is 0. The second-order valence-corrected chi connectivity index (χ2v) is 6.80. The van der Waals surface area contributed by atoms with Crippen LogP contribution in [0.1, 0.15) is 47.5 Å². The summed E-state index contributed by atoms with van der Waals surface area (Å²) in [4.78, 5) is 0. The Bertz CT molecular complexity index is 293. The van der Waals surface area contributed by atoms with Gasteiger partial charge in [0, 0.05) is 5.33 Å². The maximum atomic E-state index is 3.73. The molecule has 0 N–H and O–H groups in total. The summed E-state index contributed by atoms with van der Waals surface area (Å²) in [5, 5.41) is 1.07. The van der Waals surface area contributed by atoms with Crippen molar-refractivity contribution in [2.75, 3.05) is 5.33 Å². The van der Waals surface area contributed by atoms with Gasteiger partial charge in [0.05, 0.1) is 0 Å². The molecule has 17 heavy (non-hydrogen) atoms. The lowest BCUT2D eigenvalue weighted by atomic mass is 9.70. The average Bonchev–Trinajstić information content (AvgIpc) is 2.16. The van der Waals surface area contributed by atoms with Crippen molar-refractivity contribution in [3.05, 3.63) is 36.5 Å². The Morgan fingerprint density at radius 1 is 1.24 bits per heavy atom. The van der Waals surface area contributed by atoms with E-state index in [0.29, 0.717) is 5.41 Å². The van der Waals surface area contributed by atoms with Crippen LogP contribution in [-0.2, 0) is 0 Å². The van der Waals surface area contributed by atoms with Crippen molar-refractivity contribution < 1.29 is 0 Å². The van der Waals surface area contributed by atoms with Crippen molar-refractivity contribution in [1.82, 2.24) is 0 Å². The summed E-state index contributed by atoms with van der Waals surface area (Å²) in [6.07, 6.45) is 10.6. The molecular weight excluding hydrogens is 272 g/mol. The Morgan fingerprint density at radius 2 is 1.82 bits per heavy atom. The molecular formula is C16H27Br. The minimum atomic E-state index is 0.208. The maximum Gasteiger partial charge on any atom is 0.00363 e. The van der Waals surface area contributed by atoms with Crippen LogP contribution < -0.4 is 0 Å². The number of halogens is 1. The summed E-state index contributed by atoms with van der Waals surface area (Å²) in [5.41, 5.74) is 1.96. The van der Waals surface area contributed by atoms with Crippen molar-refractivity contribution in [2.45, 2.75) is 47.5 Å². The fraction of sp³-hybridized carbons (Fsp3) is 0.625. The summed E-state index contributed by atoms with van der Waals surface area (Å²) in [6.45, 7) is 15.2. The first kappa shape index (κ1) is 16.7. The Kier molecular flexibility index (Phi) is 7.08. The monoisotopic (exact) mass is 298 g/mol. The molecule has 0 aromatic heterocycles. The van der Waals surface area contributed by atoms with E-state index < -0.39 is 0 Å². The smallest absolute Gasteiger partial charge is 0.00363 e. The average molecular weight is 299 g/mol. The molecule has 0 aliphatic carbocycles. The molecule has 98 valence electrons. The SMILES string of the molecule is C=C/C=C\C(=C/C)C(C)(C)CC(C)(C)CCBr. The lowest BCUT2D eigenvalue weighted by molar-refractivity contribution is 0.225. The van der Waals surface area contributed by atoms with Gasteiger partial charge in [-0.25, -0.2) is 0 Å². The predicted molar refractivity (Wildman–Crippen MR) is 83.7 cm³/mol. The van der Waals surface area contributed by atoms with Crippen LogP contribution in [0.15, 0.2) is 36.5 Å². The van der Waals surface area contributed by atoms with Crippen molar-refractivity contribution in [2.24, 2.45) is 10.8 Å². The minimum Gasteiger partial charge on any atom is -0.0991 e. The number of hydrogen-bond donors (Lipinski definition) is 0. The Hall–Kier alpha value is -0.300. The molecule has 0 aromatic carbocycles. The van der Waals surface area contributed by atoms with Crippen molar-refractivity contribution in [3.8, 4) is 0 Å². The molecule has 0 radical (unpaired) electrons. The number of rotatable bonds is 7. The molecule has 0 rings (SSSR count). The second kappa shape index (κ2) is 7.20. The van der Waals surface area contributed by atoms with E-state index >= 15 is 0 Å². The van der Waals surface area contributed by atoms with Gasteiger partial charge in [0.15, 0.2) is 0 Å². The second-order valence-electron chi connectivity index (χ2n) is 6.00. The molecule has 0 fully saturated rings. The van der Waals surface area contributed by atoms with Gasteiger partial charge in [-0.3, -0.25) is 0 Å². The van der Waals surface area contributed by atoms with Gasteiger partial charge in [0.1, 0.15) is 0 Å². The lowest BCUT2D eigenvalue weighted by Crippen LogP contribution is -2.25. The van der Waals surface area contributed by atoms with Gasteiger partial charge in [-0.2, -0.15) is 0 Å². The van der Waals surface area contributed by atoms with Crippen LogP contribution in [0.25, 0.3) is 0 Å². The van der Waals surface area contributed by atoms with Crippen LogP contribution in [0.3, 0.4) is 0 Å². The molecule has 0 heterocycles. The van der Waals surface area contributed by atoms with E-state index in [0.717, 1.165) is 5.33 Å². The molecule has 0 bridgehead atoms. The molecule has 0 unspecified atom stereocenters. The molecule has 0 aliphatic heterocycles. The quantitative estimate of drug-likeness (QED) is 0.405. The van der Waals surface area contributed by atoms with Crippen LogP contribution in [0, 0.1) is 10.8 Å². The minimum absolute atomic E-state index is 0.208. The third-order valence-corrected chi connectivity index (χ3v) is 3.59. The molecule has 0 nitrogen and oxygen atoms in total. The van der Waals surface area contributed by atoms with Crippen molar-refractivity contribution >= 4 is 15.9 Å². The summed E-state index contributed by atoms with van der Waals surface area (Å²) in [7, 11) is 0. The number of alkyl halides is 1. The van der Waals surface area contributed by atoms with E-state index in [4.69, 9.17) is 0 Å². The van der Waals surface area contributed by atoms with E-state index in [9.17, 15) is 0 Å². The van der Waals surface area contributed by atoms with E-state index in [-0.39, 0.29) is 5.41 Å². The van der Waals surface area contributed by atoms with Crippen LogP contribution in [-0.4, -0.2) is 5.33 Å². The first-order valence-corrected chi connectivity index (χ1v) is 7.43. The van der Waals surface area contributed by atoms with Gasteiger partial charge in [-0.1, -0.05) is 74.5 Å². The fourth-order valence-electron chi connectivity index (χ4n) is 2.53. The molecule has 0 aromatic rings. The molecule has 0 amide bonds. The number of hydrogen-bond acceptors (Lipinski definition) is 0. The van der Waals surface area contributed by atoms with E-state index in [1.54, 1.807) is 0 Å². The standard InChI is InChI=1S/C16H27Br/c1-7-9-10-14(8-2)16(5,6)13-15(3,4)11-12-17/h7-10H,1,11-13H2,2-6H3/b10-9-,14-8+. The van der Waals surface area contributed by atoms with Crippen LogP contribution in [0.2, 0.25) is 0 Å². The van der Waals surface area contributed by atoms with E-state index in [2.05, 4.69) is 69.3 Å². The third kappa shape index (κ3) is 6.26. The molecule has 0 atom stereocenters. The largest absolute Gasteiger partial charge is 0.0991 e. The highest BCUT2D eigenvalue weighted by Gasteiger charge is 2.29. The molecule has 0 saturated carbocycles. The first-order valence-electron chi connectivity index (χ1n) is 6.31. The Labute approximate surface area is 116 Å². The Morgan fingerprint density at radius 3 is 2.24 bits per heavy atom. The van der Waals surface area contributed by atoms with Gasteiger partial charge >= 0.3 is 0 Å². The van der Waals surface area contributed by atoms with Crippen molar-refractivity contribution in [3.63, 3.8) is 0 Å². The van der Waals surface area contributed by atoms with Gasteiger partial charge in [0.2, 0.25) is 0 Å². The molecule has 1 heteroatoms. The summed E-state index contributed by atoms with van der Waals surface area (Å²) < 4.78 is 0. The first-order chi connectivity index (χ1) is 7.79. The van der Waals surface area contributed by atoms with Gasteiger partial charge < -0.3 is 0 Å². The highest BCUT2D eigenvalue weighted by molar-refractivity contribution is 9.09. The zero-order valence-electron chi connectivity index (χ0n) is 12.0. The lowest BCUT2D eigenvalue weighted by Gasteiger charge is -2.36. The fourth-order valence-corrected chi connectivity index (χ4v) is 3.60. The van der Waals surface area contributed by atoms with Gasteiger partial charge in [-0.05, 0) is 36.2 Å². The third-order valence-electron chi connectivity index (χ3n) is 3.20. The van der Waals surface area contributed by atoms with Crippen LogP contribution in [0.5, 0.6) is 0 Å². The highest BCUT2D eigenvalue weighted by atomic mass is 79.9. The van der Waals surface area contributed by atoms with Crippen LogP contribution >= 0.6 is 15.9 Å². The highest BCUT2D eigenvalue weighted by Crippen LogP contribution is 2.41. The number of allylic oxidation sites excluding steroid dienone is 5. The van der Waals surface area contributed by atoms with E-state index in [1.807, 2.05) is 12.2 Å². The molecule has 0 saturated heterocycles. The Balaban J connectivity index is 4.86. The van der Waals surface area contributed by atoms with Gasteiger partial charge in [0.25, 0.3) is 0 Å². The van der Waals surface area contributed by atoms with Gasteiger partial charge in [-0.15, -0.1) is 0 Å². The molecule has 0 aliphatic rings. The molecule has 0 spiro atoms. The van der Waals surface area contributed by atoms with Crippen molar-refractivity contribution in [1.29, 1.82) is 0 Å². The predicted octanol–water partition coefficient (Wildman–Crippen LogP) is 5.90. The zero-order chi connectivity index (χ0) is 13.5. The topological polar surface area (TPSA) is 0 Å². The normalized spacial score (nSPS) is 14.4. The summed E-state index contributed by atoms with van der Waals surface area (Å²) in [6, 6.07) is 0. The zero-order valence-corrected chi connectivity index (χ0v) is 13.6. The summed E-state index contributed by atoms with van der Waals surface area (Å²) >= 11 is 3.55. The van der Waals surface area contributed by atoms with E-state index in [1.165, 1.54) is 18.4 Å².